The lowest BCUT2D eigenvalue weighted by Gasteiger charge is -2.15. The molecule has 104 valence electrons. The summed E-state index contributed by atoms with van der Waals surface area (Å²) in [6, 6.07) is 13.6. The van der Waals surface area contributed by atoms with Gasteiger partial charge in [0.25, 0.3) is 0 Å². The maximum Gasteiger partial charge on any atom is 0.312 e. The van der Waals surface area contributed by atoms with Crippen LogP contribution in [-0.4, -0.2) is 17.6 Å². The molecule has 3 nitrogen and oxygen atoms in total. The van der Waals surface area contributed by atoms with Crippen molar-refractivity contribution in [3.63, 3.8) is 0 Å². The largest absolute Gasteiger partial charge is 0.481 e. The summed E-state index contributed by atoms with van der Waals surface area (Å²) >= 11 is 0. The van der Waals surface area contributed by atoms with E-state index in [0.717, 1.165) is 11.1 Å². The minimum absolute atomic E-state index is 0.211. The van der Waals surface area contributed by atoms with Crippen molar-refractivity contribution in [1.82, 2.24) is 0 Å². The molecular weight excluding hydrogens is 257 g/mol. The van der Waals surface area contributed by atoms with Crippen LogP contribution in [0.3, 0.4) is 0 Å². The molecule has 1 unspecified atom stereocenters. The molecule has 0 spiro atoms. The van der Waals surface area contributed by atoms with E-state index in [4.69, 9.17) is 0 Å². The quantitative estimate of drug-likeness (QED) is 0.877. The van der Waals surface area contributed by atoms with Gasteiger partial charge in [0.2, 0.25) is 0 Å². The van der Waals surface area contributed by atoms with Crippen molar-refractivity contribution >= 4 is 11.7 Å². The van der Waals surface area contributed by atoms with Gasteiger partial charge in [-0.05, 0) is 36.2 Å². The van der Waals surface area contributed by atoms with Crippen LogP contribution >= 0.6 is 0 Å². The number of carbonyl (C=O) groups is 1. The third kappa shape index (κ3) is 3.57. The minimum atomic E-state index is -0.906. The van der Waals surface area contributed by atoms with Gasteiger partial charge in [0.1, 0.15) is 5.82 Å². The highest BCUT2D eigenvalue weighted by Crippen LogP contribution is 2.19. The van der Waals surface area contributed by atoms with Gasteiger partial charge in [-0.1, -0.05) is 30.3 Å². The van der Waals surface area contributed by atoms with Crippen LogP contribution in [0.25, 0.3) is 0 Å². The summed E-state index contributed by atoms with van der Waals surface area (Å²) in [5, 5.41) is 12.3. The molecule has 20 heavy (non-hydrogen) atoms. The first-order valence-corrected chi connectivity index (χ1v) is 6.35. The van der Waals surface area contributed by atoms with Gasteiger partial charge in [0.15, 0.2) is 0 Å². The smallest absolute Gasteiger partial charge is 0.312 e. The number of aryl methyl sites for hydroxylation is 1. The molecule has 2 aromatic carbocycles. The van der Waals surface area contributed by atoms with Gasteiger partial charge in [0, 0.05) is 12.2 Å². The Morgan fingerprint density at radius 1 is 1.25 bits per heavy atom. The predicted octanol–water partition coefficient (Wildman–Crippen LogP) is 3.41. The number of benzene rings is 2. The molecular formula is C16H16FNO2. The SMILES string of the molecule is Cc1cc(F)cc(NCC(C(=O)O)c2ccccc2)c1. The number of rotatable bonds is 5. The van der Waals surface area contributed by atoms with Crippen LogP contribution in [0.2, 0.25) is 0 Å². The standard InChI is InChI=1S/C16H16FNO2/c1-11-7-13(17)9-14(8-11)18-10-15(16(19)20)12-5-3-2-4-6-12/h2-9,15,18H,10H2,1H3,(H,19,20). The van der Waals surface area contributed by atoms with E-state index in [0.29, 0.717) is 5.69 Å². The average molecular weight is 273 g/mol. The second kappa shape index (κ2) is 6.19. The third-order valence-electron chi connectivity index (χ3n) is 3.05. The van der Waals surface area contributed by atoms with Gasteiger partial charge in [-0.2, -0.15) is 0 Å². The number of anilines is 1. The molecule has 0 fully saturated rings. The molecule has 0 aliphatic heterocycles. The first-order chi connectivity index (χ1) is 9.56. The predicted molar refractivity (Wildman–Crippen MR) is 76.4 cm³/mol. The van der Waals surface area contributed by atoms with E-state index in [2.05, 4.69) is 5.32 Å². The molecule has 0 aliphatic carbocycles. The Morgan fingerprint density at radius 2 is 1.95 bits per heavy atom. The molecule has 2 aromatic rings. The summed E-state index contributed by atoms with van der Waals surface area (Å²) in [6.07, 6.45) is 0. The summed E-state index contributed by atoms with van der Waals surface area (Å²) in [6.45, 7) is 2.00. The van der Waals surface area contributed by atoms with Crippen LogP contribution < -0.4 is 5.32 Å². The van der Waals surface area contributed by atoms with Crippen LogP contribution in [0.1, 0.15) is 17.0 Å². The average Bonchev–Trinajstić information content (AvgIpc) is 2.38. The Labute approximate surface area is 117 Å². The number of carboxylic acids is 1. The van der Waals surface area contributed by atoms with Crippen molar-refractivity contribution in [2.45, 2.75) is 12.8 Å². The highest BCUT2D eigenvalue weighted by Gasteiger charge is 2.19. The molecule has 0 saturated heterocycles. The first-order valence-electron chi connectivity index (χ1n) is 6.35. The van der Waals surface area contributed by atoms with Crippen molar-refractivity contribution in [3.8, 4) is 0 Å². The maximum atomic E-state index is 13.3. The van der Waals surface area contributed by atoms with E-state index in [1.54, 1.807) is 37.3 Å². The number of aliphatic carboxylic acids is 1. The van der Waals surface area contributed by atoms with Crippen LogP contribution in [0, 0.1) is 12.7 Å². The van der Waals surface area contributed by atoms with Crippen molar-refractivity contribution in [3.05, 3.63) is 65.5 Å². The van der Waals surface area contributed by atoms with E-state index in [-0.39, 0.29) is 12.4 Å². The van der Waals surface area contributed by atoms with E-state index < -0.39 is 11.9 Å². The van der Waals surface area contributed by atoms with Gasteiger partial charge >= 0.3 is 5.97 Å². The van der Waals surface area contributed by atoms with Gasteiger partial charge < -0.3 is 10.4 Å². The van der Waals surface area contributed by atoms with Crippen molar-refractivity contribution in [2.24, 2.45) is 0 Å². The monoisotopic (exact) mass is 273 g/mol. The first kappa shape index (κ1) is 14.1. The van der Waals surface area contributed by atoms with Gasteiger partial charge in [-0.3, -0.25) is 4.79 Å². The summed E-state index contributed by atoms with van der Waals surface area (Å²) < 4.78 is 13.3. The van der Waals surface area contributed by atoms with Gasteiger partial charge in [0.05, 0.1) is 5.92 Å². The number of carboxylic acid groups (broad SMARTS) is 1. The molecule has 2 N–H and O–H groups in total. The second-order valence-corrected chi connectivity index (χ2v) is 4.70. The zero-order chi connectivity index (χ0) is 14.5. The van der Waals surface area contributed by atoms with Crippen molar-refractivity contribution in [2.75, 3.05) is 11.9 Å². The van der Waals surface area contributed by atoms with E-state index in [9.17, 15) is 14.3 Å². The van der Waals surface area contributed by atoms with Crippen LogP contribution in [0.4, 0.5) is 10.1 Å². The highest BCUT2D eigenvalue weighted by atomic mass is 19.1. The molecule has 0 amide bonds. The molecule has 0 radical (unpaired) electrons. The lowest BCUT2D eigenvalue weighted by atomic mass is 9.99. The Kier molecular flexibility index (Phi) is 4.35. The third-order valence-corrected chi connectivity index (χ3v) is 3.05. The molecule has 0 heterocycles. The van der Waals surface area contributed by atoms with E-state index in [1.807, 2.05) is 6.07 Å². The fourth-order valence-electron chi connectivity index (χ4n) is 2.09. The number of halogens is 1. The summed E-state index contributed by atoms with van der Waals surface area (Å²) in [4.78, 5) is 11.3. The summed E-state index contributed by atoms with van der Waals surface area (Å²) in [5.74, 6) is -1.91. The molecule has 0 aromatic heterocycles. The van der Waals surface area contributed by atoms with Crippen LogP contribution in [-0.2, 0) is 4.79 Å². The number of hydrogen-bond donors (Lipinski definition) is 2. The topological polar surface area (TPSA) is 49.3 Å². The maximum absolute atomic E-state index is 13.3. The summed E-state index contributed by atoms with van der Waals surface area (Å²) in [7, 11) is 0. The summed E-state index contributed by atoms with van der Waals surface area (Å²) in [5.41, 5.74) is 2.10. The van der Waals surface area contributed by atoms with Crippen molar-refractivity contribution in [1.29, 1.82) is 0 Å². The van der Waals surface area contributed by atoms with Crippen LogP contribution in [0.15, 0.2) is 48.5 Å². The molecule has 0 bridgehead atoms. The fourth-order valence-corrected chi connectivity index (χ4v) is 2.09. The Morgan fingerprint density at radius 3 is 2.55 bits per heavy atom. The Balaban J connectivity index is 2.12. The van der Waals surface area contributed by atoms with Crippen LogP contribution in [0.5, 0.6) is 0 Å². The fraction of sp³-hybridized carbons (Fsp3) is 0.188. The molecule has 0 aliphatic rings. The number of hydrogen-bond acceptors (Lipinski definition) is 2. The highest BCUT2D eigenvalue weighted by molar-refractivity contribution is 5.77. The number of nitrogens with one attached hydrogen (secondary N) is 1. The minimum Gasteiger partial charge on any atom is -0.481 e. The van der Waals surface area contributed by atoms with Gasteiger partial charge in [-0.25, -0.2) is 4.39 Å². The lowest BCUT2D eigenvalue weighted by molar-refractivity contribution is -0.138. The zero-order valence-corrected chi connectivity index (χ0v) is 11.1. The molecule has 0 saturated carbocycles. The molecule has 2 rings (SSSR count). The van der Waals surface area contributed by atoms with E-state index >= 15 is 0 Å². The van der Waals surface area contributed by atoms with Crippen molar-refractivity contribution < 1.29 is 14.3 Å². The van der Waals surface area contributed by atoms with E-state index in [1.165, 1.54) is 12.1 Å². The lowest BCUT2D eigenvalue weighted by Crippen LogP contribution is -2.21. The van der Waals surface area contributed by atoms with Gasteiger partial charge in [-0.15, -0.1) is 0 Å². The Bertz CT molecular complexity index is 578. The Hall–Kier alpha value is -2.36. The molecule has 4 heteroatoms. The normalized spacial score (nSPS) is 11.9. The molecule has 1 atom stereocenters. The zero-order valence-electron chi connectivity index (χ0n) is 11.1. The second-order valence-electron chi connectivity index (χ2n) is 4.70.